The maximum Gasteiger partial charge on any atom is 0.222 e. The highest BCUT2D eigenvalue weighted by molar-refractivity contribution is 5.51. The molecule has 0 aliphatic heterocycles. The Labute approximate surface area is 111 Å². The number of aromatic nitrogens is 2. The van der Waals surface area contributed by atoms with Crippen molar-refractivity contribution in [2.45, 2.75) is 26.7 Å². The Morgan fingerprint density at radius 1 is 1.21 bits per heavy atom. The van der Waals surface area contributed by atoms with Gasteiger partial charge in [0.2, 0.25) is 5.88 Å². The zero-order valence-electron chi connectivity index (χ0n) is 11.1. The van der Waals surface area contributed by atoms with Gasteiger partial charge in [0, 0.05) is 17.8 Å². The molecule has 0 amide bonds. The van der Waals surface area contributed by atoms with Gasteiger partial charge in [0.25, 0.3) is 0 Å². The van der Waals surface area contributed by atoms with Crippen molar-refractivity contribution in [3.63, 3.8) is 0 Å². The Hall–Kier alpha value is -2.17. The van der Waals surface area contributed by atoms with Crippen LogP contribution in [-0.2, 0) is 0 Å². The van der Waals surface area contributed by atoms with Crippen molar-refractivity contribution in [3.8, 4) is 11.6 Å². The average molecular weight is 261 g/mol. The fraction of sp³-hybridized carbons (Fsp3) is 0.286. The average Bonchev–Trinajstić information content (AvgIpc) is 2.36. The number of nitrogens with zero attached hydrogens (tertiary/aromatic N) is 2. The van der Waals surface area contributed by atoms with E-state index in [4.69, 9.17) is 10.5 Å². The molecule has 0 saturated heterocycles. The van der Waals surface area contributed by atoms with Crippen LogP contribution in [0.4, 0.5) is 10.1 Å². The van der Waals surface area contributed by atoms with Crippen LogP contribution in [0.15, 0.2) is 24.5 Å². The number of ether oxygens (including phenoxy) is 1. The van der Waals surface area contributed by atoms with Crippen molar-refractivity contribution in [1.29, 1.82) is 0 Å². The molecular weight excluding hydrogens is 245 g/mol. The summed E-state index contributed by atoms with van der Waals surface area (Å²) in [5, 5.41) is 0. The number of nitrogen functional groups attached to an aromatic ring is 1. The molecule has 0 spiro atoms. The molecule has 0 unspecified atom stereocenters. The minimum atomic E-state index is -0.507. The van der Waals surface area contributed by atoms with Crippen molar-refractivity contribution in [2.24, 2.45) is 0 Å². The summed E-state index contributed by atoms with van der Waals surface area (Å²) >= 11 is 0. The molecule has 4 nitrogen and oxygen atoms in total. The van der Waals surface area contributed by atoms with Crippen LogP contribution in [0.3, 0.4) is 0 Å². The van der Waals surface area contributed by atoms with E-state index >= 15 is 0 Å². The van der Waals surface area contributed by atoms with E-state index in [0.29, 0.717) is 11.6 Å². The molecule has 1 heterocycles. The predicted molar refractivity (Wildman–Crippen MR) is 71.7 cm³/mol. The van der Waals surface area contributed by atoms with Gasteiger partial charge >= 0.3 is 0 Å². The standard InChI is InChI=1S/C14H16FN3O/c1-8(2)12-6-14(18-7-17-12)19-13-4-9(3)11(16)5-10(13)15/h4-8H,16H2,1-3H3. The maximum atomic E-state index is 13.7. The second-order valence-corrected chi connectivity index (χ2v) is 4.68. The first-order valence-electron chi connectivity index (χ1n) is 6.02. The van der Waals surface area contributed by atoms with Crippen LogP contribution in [0.5, 0.6) is 11.6 Å². The Kier molecular flexibility index (Phi) is 3.64. The number of hydrogen-bond acceptors (Lipinski definition) is 4. The van der Waals surface area contributed by atoms with Crippen LogP contribution in [0.1, 0.15) is 31.0 Å². The third kappa shape index (κ3) is 2.99. The van der Waals surface area contributed by atoms with Crippen molar-refractivity contribution in [1.82, 2.24) is 9.97 Å². The second-order valence-electron chi connectivity index (χ2n) is 4.68. The smallest absolute Gasteiger partial charge is 0.222 e. The molecule has 5 heteroatoms. The highest BCUT2D eigenvalue weighted by Gasteiger charge is 2.10. The highest BCUT2D eigenvalue weighted by atomic mass is 19.1. The normalized spacial score (nSPS) is 10.8. The Balaban J connectivity index is 2.31. The molecule has 0 atom stereocenters. The fourth-order valence-corrected chi connectivity index (χ4v) is 1.59. The highest BCUT2D eigenvalue weighted by Crippen LogP contribution is 2.28. The number of rotatable bonds is 3. The van der Waals surface area contributed by atoms with Crippen molar-refractivity contribution in [3.05, 3.63) is 41.6 Å². The summed E-state index contributed by atoms with van der Waals surface area (Å²) in [7, 11) is 0. The lowest BCUT2D eigenvalue weighted by Crippen LogP contribution is -1.98. The van der Waals surface area contributed by atoms with Gasteiger partial charge in [0.05, 0.1) is 5.69 Å². The summed E-state index contributed by atoms with van der Waals surface area (Å²) in [5.74, 6) is 0.179. The van der Waals surface area contributed by atoms with Gasteiger partial charge in [-0.05, 0) is 24.5 Å². The summed E-state index contributed by atoms with van der Waals surface area (Å²) in [4.78, 5) is 8.11. The second kappa shape index (κ2) is 5.22. The summed E-state index contributed by atoms with van der Waals surface area (Å²) in [6.07, 6.45) is 1.41. The van der Waals surface area contributed by atoms with Gasteiger partial charge in [-0.2, -0.15) is 0 Å². The van der Waals surface area contributed by atoms with E-state index in [1.807, 2.05) is 13.8 Å². The molecular formula is C14H16FN3O. The largest absolute Gasteiger partial charge is 0.436 e. The van der Waals surface area contributed by atoms with Crippen LogP contribution in [0, 0.1) is 12.7 Å². The molecule has 0 bridgehead atoms. The van der Waals surface area contributed by atoms with Gasteiger partial charge in [0.15, 0.2) is 11.6 Å². The number of hydrogen-bond donors (Lipinski definition) is 1. The topological polar surface area (TPSA) is 61.0 Å². The SMILES string of the molecule is Cc1cc(Oc2cc(C(C)C)ncn2)c(F)cc1N. The summed E-state index contributed by atoms with van der Waals surface area (Å²) < 4.78 is 19.2. The van der Waals surface area contributed by atoms with Gasteiger partial charge < -0.3 is 10.5 Å². The van der Waals surface area contributed by atoms with Crippen LogP contribution >= 0.6 is 0 Å². The quantitative estimate of drug-likeness (QED) is 0.860. The van der Waals surface area contributed by atoms with Crippen molar-refractivity contribution < 1.29 is 9.13 Å². The summed E-state index contributed by atoms with van der Waals surface area (Å²) in [5.41, 5.74) is 7.63. The molecule has 0 fully saturated rings. The molecule has 2 rings (SSSR count). The number of aryl methyl sites for hydroxylation is 1. The summed E-state index contributed by atoms with van der Waals surface area (Å²) in [6, 6.07) is 4.51. The zero-order valence-corrected chi connectivity index (χ0v) is 11.1. The van der Waals surface area contributed by atoms with E-state index in [0.717, 1.165) is 11.3 Å². The first kappa shape index (κ1) is 13.3. The molecule has 19 heavy (non-hydrogen) atoms. The lowest BCUT2D eigenvalue weighted by atomic mass is 10.1. The van der Waals surface area contributed by atoms with E-state index in [2.05, 4.69) is 9.97 Å². The lowest BCUT2D eigenvalue weighted by Gasteiger charge is -2.10. The Bertz CT molecular complexity index is 599. The molecule has 1 aromatic heterocycles. The predicted octanol–water partition coefficient (Wildman–Crippen LogP) is 3.42. The van der Waals surface area contributed by atoms with E-state index in [-0.39, 0.29) is 11.7 Å². The minimum Gasteiger partial charge on any atom is -0.436 e. The number of benzene rings is 1. The van der Waals surface area contributed by atoms with Crippen LogP contribution in [-0.4, -0.2) is 9.97 Å². The molecule has 2 aromatic rings. The van der Waals surface area contributed by atoms with Crippen LogP contribution in [0.2, 0.25) is 0 Å². The fourth-order valence-electron chi connectivity index (χ4n) is 1.59. The first-order chi connectivity index (χ1) is 8.97. The number of anilines is 1. The molecule has 0 saturated carbocycles. The van der Waals surface area contributed by atoms with Crippen LogP contribution in [0.25, 0.3) is 0 Å². The van der Waals surface area contributed by atoms with E-state index in [1.165, 1.54) is 12.4 Å². The zero-order chi connectivity index (χ0) is 14.0. The van der Waals surface area contributed by atoms with Crippen molar-refractivity contribution in [2.75, 3.05) is 5.73 Å². The van der Waals surface area contributed by atoms with Gasteiger partial charge in [0.1, 0.15) is 6.33 Å². The third-order valence-corrected chi connectivity index (χ3v) is 2.79. The summed E-state index contributed by atoms with van der Waals surface area (Å²) in [6.45, 7) is 5.82. The molecule has 2 N–H and O–H groups in total. The molecule has 0 aliphatic carbocycles. The Morgan fingerprint density at radius 2 is 1.95 bits per heavy atom. The Morgan fingerprint density at radius 3 is 2.63 bits per heavy atom. The molecule has 100 valence electrons. The minimum absolute atomic E-state index is 0.111. The van der Waals surface area contributed by atoms with Crippen LogP contribution < -0.4 is 10.5 Å². The maximum absolute atomic E-state index is 13.7. The van der Waals surface area contributed by atoms with Gasteiger partial charge in [-0.3, -0.25) is 0 Å². The first-order valence-corrected chi connectivity index (χ1v) is 6.02. The van der Waals surface area contributed by atoms with Gasteiger partial charge in [-0.1, -0.05) is 13.8 Å². The number of nitrogens with two attached hydrogens (primary N) is 1. The third-order valence-electron chi connectivity index (χ3n) is 2.79. The van der Waals surface area contributed by atoms with E-state index < -0.39 is 5.82 Å². The monoisotopic (exact) mass is 261 g/mol. The van der Waals surface area contributed by atoms with Gasteiger partial charge in [-0.15, -0.1) is 0 Å². The molecule has 0 radical (unpaired) electrons. The van der Waals surface area contributed by atoms with E-state index in [1.54, 1.807) is 19.1 Å². The molecule has 1 aromatic carbocycles. The van der Waals surface area contributed by atoms with E-state index in [9.17, 15) is 4.39 Å². The number of halogens is 1. The van der Waals surface area contributed by atoms with Crippen molar-refractivity contribution >= 4 is 5.69 Å². The van der Waals surface area contributed by atoms with Gasteiger partial charge in [-0.25, -0.2) is 14.4 Å². The lowest BCUT2D eigenvalue weighted by molar-refractivity contribution is 0.425. The molecule has 0 aliphatic rings.